The molecule has 1 atom stereocenters. The summed E-state index contributed by atoms with van der Waals surface area (Å²) >= 11 is 0. The van der Waals surface area contributed by atoms with Gasteiger partial charge in [-0.2, -0.15) is 0 Å². The van der Waals surface area contributed by atoms with E-state index >= 15 is 0 Å². The molecule has 3 rings (SSSR count). The average molecular weight is 392 g/mol. The number of hydrogen-bond acceptors (Lipinski definition) is 5. The molecule has 0 amide bonds. The minimum Gasteiger partial charge on any atom is -0.380 e. The summed E-state index contributed by atoms with van der Waals surface area (Å²) in [4.78, 5) is 28.5. The normalized spacial score (nSPS) is 12.3. The summed E-state index contributed by atoms with van der Waals surface area (Å²) in [5, 5.41) is 3.18. The van der Waals surface area contributed by atoms with E-state index in [9.17, 15) is 9.59 Å². The Morgan fingerprint density at radius 1 is 0.828 bits per heavy atom. The quantitative estimate of drug-likeness (QED) is 0.539. The number of likely N-dealkylation sites (N-methyl/N-ethyl adjacent to an activating group) is 2. The molecule has 0 aliphatic rings. The lowest BCUT2D eigenvalue weighted by Gasteiger charge is -2.31. The van der Waals surface area contributed by atoms with Gasteiger partial charge in [-0.05, 0) is 38.1 Å². The fourth-order valence-corrected chi connectivity index (χ4v) is 3.59. The van der Waals surface area contributed by atoms with Crippen LogP contribution in [0.4, 0.5) is 11.4 Å². The van der Waals surface area contributed by atoms with Gasteiger partial charge in [0.15, 0.2) is 0 Å². The van der Waals surface area contributed by atoms with Crippen molar-refractivity contribution in [1.82, 2.24) is 4.90 Å². The van der Waals surface area contributed by atoms with Crippen molar-refractivity contribution in [3.8, 4) is 0 Å². The van der Waals surface area contributed by atoms with Crippen LogP contribution in [0.3, 0.4) is 0 Å². The van der Waals surface area contributed by atoms with Gasteiger partial charge in [-0.15, -0.1) is 0 Å². The summed E-state index contributed by atoms with van der Waals surface area (Å²) in [6.45, 7) is 1.29. The molecule has 1 N–H and O–H groups in total. The predicted molar refractivity (Wildman–Crippen MR) is 121 cm³/mol. The number of anilines is 2. The van der Waals surface area contributed by atoms with Gasteiger partial charge in [-0.3, -0.25) is 9.59 Å². The summed E-state index contributed by atoms with van der Waals surface area (Å²) in [5.41, 5.74) is 2.60. The molecular formula is C24H29N3O2. The van der Waals surface area contributed by atoms with Crippen LogP contribution < -0.4 is 21.1 Å². The molecule has 0 aliphatic carbocycles. The predicted octanol–water partition coefficient (Wildman–Crippen LogP) is 2.55. The van der Waals surface area contributed by atoms with E-state index in [-0.39, 0.29) is 6.04 Å². The molecular weight excluding hydrogens is 362 g/mol. The Morgan fingerprint density at radius 3 is 2.00 bits per heavy atom. The lowest BCUT2D eigenvalue weighted by Crippen LogP contribution is -2.46. The molecule has 0 radical (unpaired) electrons. The zero-order valence-corrected chi connectivity index (χ0v) is 17.4. The Balaban J connectivity index is 1.65. The first-order valence-electron chi connectivity index (χ1n) is 10.00. The first-order chi connectivity index (χ1) is 14.0. The van der Waals surface area contributed by atoms with Gasteiger partial charge in [0, 0.05) is 26.2 Å². The van der Waals surface area contributed by atoms with Gasteiger partial charge in [-0.25, -0.2) is 0 Å². The Labute approximate surface area is 172 Å². The molecule has 0 fully saturated rings. The number of rotatable bonds is 10. The van der Waals surface area contributed by atoms with Gasteiger partial charge in [-0.1, -0.05) is 60.7 Å². The van der Waals surface area contributed by atoms with E-state index in [1.165, 1.54) is 11.1 Å². The van der Waals surface area contributed by atoms with Crippen molar-refractivity contribution in [2.24, 2.45) is 0 Å². The van der Waals surface area contributed by atoms with Crippen LogP contribution in [0.15, 0.2) is 70.3 Å². The molecule has 5 nitrogen and oxygen atoms in total. The zero-order chi connectivity index (χ0) is 20.8. The molecule has 0 heterocycles. The molecule has 0 bridgehead atoms. The highest BCUT2D eigenvalue weighted by atomic mass is 16.2. The molecule has 3 aromatic rings. The van der Waals surface area contributed by atoms with Gasteiger partial charge in [0.25, 0.3) is 10.9 Å². The zero-order valence-electron chi connectivity index (χ0n) is 17.4. The van der Waals surface area contributed by atoms with E-state index in [4.69, 9.17) is 0 Å². The van der Waals surface area contributed by atoms with E-state index in [0.717, 1.165) is 12.8 Å². The fraction of sp³-hybridized carbons (Fsp3) is 0.333. The second-order valence-corrected chi connectivity index (χ2v) is 7.73. The van der Waals surface area contributed by atoms with Crippen molar-refractivity contribution in [2.45, 2.75) is 18.9 Å². The molecule has 0 unspecified atom stereocenters. The average Bonchev–Trinajstić information content (AvgIpc) is 2.73. The third kappa shape index (κ3) is 5.12. The first-order valence-corrected chi connectivity index (χ1v) is 10.00. The summed E-state index contributed by atoms with van der Waals surface area (Å²) in [5.74, 6) is 0. The maximum atomic E-state index is 12.3. The topological polar surface area (TPSA) is 52.6 Å². The molecule has 0 saturated heterocycles. The number of benzene rings is 2. The monoisotopic (exact) mass is 391 g/mol. The van der Waals surface area contributed by atoms with Gasteiger partial charge < -0.3 is 15.1 Å². The van der Waals surface area contributed by atoms with Crippen molar-refractivity contribution in [2.75, 3.05) is 44.4 Å². The van der Waals surface area contributed by atoms with Crippen molar-refractivity contribution >= 4 is 11.4 Å². The van der Waals surface area contributed by atoms with Gasteiger partial charge in [0.1, 0.15) is 11.4 Å². The summed E-state index contributed by atoms with van der Waals surface area (Å²) in [6, 6.07) is 20.6. The van der Waals surface area contributed by atoms with Crippen LogP contribution in [0.1, 0.15) is 11.1 Å². The minimum atomic E-state index is -0.413. The number of nitrogens with zero attached hydrogens (tertiary/aromatic N) is 2. The molecule has 0 spiro atoms. The third-order valence-corrected chi connectivity index (χ3v) is 5.35. The van der Waals surface area contributed by atoms with Crippen LogP contribution in [0.2, 0.25) is 0 Å². The van der Waals surface area contributed by atoms with Crippen LogP contribution in [-0.2, 0) is 12.8 Å². The second kappa shape index (κ2) is 9.52. The van der Waals surface area contributed by atoms with E-state index in [0.29, 0.717) is 24.5 Å². The molecule has 3 aromatic carbocycles. The van der Waals surface area contributed by atoms with Crippen LogP contribution >= 0.6 is 0 Å². The highest BCUT2D eigenvalue weighted by Gasteiger charge is 2.26. The largest absolute Gasteiger partial charge is 0.380 e. The Hall–Kier alpha value is -2.92. The van der Waals surface area contributed by atoms with E-state index in [1.54, 1.807) is 0 Å². The van der Waals surface area contributed by atoms with Crippen LogP contribution in [0.5, 0.6) is 0 Å². The molecule has 0 saturated carbocycles. The van der Waals surface area contributed by atoms with Gasteiger partial charge in [0.05, 0.1) is 0 Å². The van der Waals surface area contributed by atoms with E-state index in [2.05, 4.69) is 34.5 Å². The number of hydrogen-bond donors (Lipinski definition) is 1. The third-order valence-electron chi connectivity index (χ3n) is 5.35. The molecule has 152 valence electrons. The van der Waals surface area contributed by atoms with Gasteiger partial charge in [0.2, 0.25) is 0 Å². The molecule has 0 aliphatic heterocycles. The highest BCUT2D eigenvalue weighted by Crippen LogP contribution is 2.20. The Kier molecular flexibility index (Phi) is 6.83. The van der Waals surface area contributed by atoms with E-state index in [1.807, 2.05) is 62.4 Å². The Morgan fingerprint density at radius 2 is 1.41 bits per heavy atom. The van der Waals surface area contributed by atoms with Crippen molar-refractivity contribution < 1.29 is 0 Å². The Bertz CT molecular complexity index is 977. The number of nitrogens with one attached hydrogen (secondary N) is 1. The summed E-state index contributed by atoms with van der Waals surface area (Å²) < 4.78 is 0. The van der Waals surface area contributed by atoms with Crippen molar-refractivity contribution in [3.05, 3.63) is 92.2 Å². The lowest BCUT2D eigenvalue weighted by molar-refractivity contribution is 0.295. The molecule has 0 aromatic heterocycles. The smallest absolute Gasteiger partial charge is 0.253 e. The second-order valence-electron chi connectivity index (χ2n) is 7.73. The maximum absolute atomic E-state index is 12.3. The molecule has 5 heteroatoms. The summed E-state index contributed by atoms with van der Waals surface area (Å²) in [7, 11) is 5.98. The maximum Gasteiger partial charge on any atom is 0.253 e. The molecule has 29 heavy (non-hydrogen) atoms. The fourth-order valence-electron chi connectivity index (χ4n) is 3.59. The van der Waals surface area contributed by atoms with Crippen LogP contribution in [0.25, 0.3) is 0 Å². The van der Waals surface area contributed by atoms with Crippen LogP contribution in [-0.4, -0.2) is 45.2 Å². The van der Waals surface area contributed by atoms with Crippen LogP contribution in [0, 0.1) is 0 Å². The standard InChI is InChI=1S/C24H29N3O2/c1-26(2)20(16-19-12-8-5-9-13-19)17-27(3)22-21(23(28)24(22)29)25-15-14-18-10-6-4-7-11-18/h4-13,20,25H,14-17H2,1-3H3/t20-/m0/s1. The minimum absolute atomic E-state index is 0.226. The van der Waals surface area contributed by atoms with Crippen molar-refractivity contribution in [1.29, 1.82) is 0 Å². The van der Waals surface area contributed by atoms with E-state index < -0.39 is 10.9 Å². The van der Waals surface area contributed by atoms with Gasteiger partial charge >= 0.3 is 0 Å². The van der Waals surface area contributed by atoms with Crippen molar-refractivity contribution in [3.63, 3.8) is 0 Å². The lowest BCUT2D eigenvalue weighted by atomic mass is 10.0. The SMILES string of the molecule is CN(C[C@H](Cc1ccccc1)N(C)C)c1c(NCCc2ccccc2)c(=O)c1=O. The highest BCUT2D eigenvalue weighted by molar-refractivity contribution is 5.75. The first kappa shape index (κ1) is 20.8. The summed E-state index contributed by atoms with van der Waals surface area (Å²) in [6.07, 6.45) is 1.68.